The Morgan fingerprint density at radius 3 is 2.92 bits per heavy atom. The summed E-state index contributed by atoms with van der Waals surface area (Å²) in [5, 5.41) is 16.1. The van der Waals surface area contributed by atoms with Crippen molar-refractivity contribution in [2.24, 2.45) is 0 Å². The molecule has 4 rings (SSSR count). The molecule has 3 aromatic rings. The number of benzene rings is 1. The molecule has 0 radical (unpaired) electrons. The summed E-state index contributed by atoms with van der Waals surface area (Å²) >= 11 is 0. The maximum atomic E-state index is 12.9. The number of aryl methyl sites for hydroxylation is 2. The number of hydrogen-bond acceptors (Lipinski definition) is 5. The van der Waals surface area contributed by atoms with E-state index in [2.05, 4.69) is 20.7 Å². The first kappa shape index (κ1) is 15.6. The number of nitrogens with zero attached hydrogens (tertiary/aromatic N) is 4. The third kappa shape index (κ3) is 2.93. The summed E-state index contributed by atoms with van der Waals surface area (Å²) in [6.07, 6.45) is 1.82. The number of aromatic nitrogens is 3. The Morgan fingerprint density at radius 1 is 1.24 bits per heavy atom. The van der Waals surface area contributed by atoms with Crippen LogP contribution in [0, 0.1) is 13.8 Å². The van der Waals surface area contributed by atoms with Crippen molar-refractivity contribution in [1.29, 1.82) is 0 Å². The number of likely N-dealkylation sites (tertiary alicyclic amines) is 1. The quantitative estimate of drug-likeness (QED) is 0.772. The Morgan fingerprint density at radius 2 is 2.12 bits per heavy atom. The van der Waals surface area contributed by atoms with Gasteiger partial charge in [0, 0.05) is 18.0 Å². The maximum absolute atomic E-state index is 12.9. The van der Waals surface area contributed by atoms with E-state index in [9.17, 15) is 4.79 Å². The molecule has 128 valence electrons. The van der Waals surface area contributed by atoms with Crippen LogP contribution in [0.3, 0.4) is 0 Å². The largest absolute Gasteiger partial charge is 0.359 e. The first-order chi connectivity index (χ1) is 12.1. The lowest BCUT2D eigenvalue weighted by molar-refractivity contribution is 0.195. The Hall–Kier alpha value is -2.96. The molecule has 2 aromatic heterocycles. The molecule has 25 heavy (non-hydrogen) atoms. The SMILES string of the molecule is Cc1cc2c(NC(=O)N3CCCC3c3cc(C)no3)cccc2nn1. The van der Waals surface area contributed by atoms with E-state index in [1.54, 1.807) is 4.90 Å². The van der Waals surface area contributed by atoms with Gasteiger partial charge in [0.2, 0.25) is 0 Å². The van der Waals surface area contributed by atoms with E-state index >= 15 is 0 Å². The molecule has 0 aliphatic carbocycles. The van der Waals surface area contributed by atoms with E-state index < -0.39 is 0 Å². The molecule has 0 bridgehead atoms. The smallest absolute Gasteiger partial charge is 0.322 e. The van der Waals surface area contributed by atoms with E-state index in [-0.39, 0.29) is 12.1 Å². The van der Waals surface area contributed by atoms with Gasteiger partial charge in [-0.15, -0.1) is 0 Å². The van der Waals surface area contributed by atoms with Crippen LogP contribution in [0.1, 0.15) is 36.0 Å². The van der Waals surface area contributed by atoms with Crippen molar-refractivity contribution >= 4 is 22.6 Å². The number of urea groups is 1. The van der Waals surface area contributed by atoms with E-state index in [4.69, 9.17) is 4.52 Å². The van der Waals surface area contributed by atoms with E-state index in [1.807, 2.05) is 44.2 Å². The zero-order valence-electron chi connectivity index (χ0n) is 14.2. The standard InChI is InChI=1S/C18H19N5O2/c1-11-9-13-14(5-3-6-15(13)21-20-11)19-18(24)23-8-4-7-16(23)17-10-12(2)22-25-17/h3,5-6,9-10,16H,4,7-8H2,1-2H3,(H,19,24). The molecule has 7 heteroatoms. The van der Waals surface area contributed by atoms with Gasteiger partial charge in [-0.2, -0.15) is 10.2 Å². The predicted octanol–water partition coefficient (Wildman–Crippen LogP) is 3.60. The molecule has 1 saturated heterocycles. The highest BCUT2D eigenvalue weighted by molar-refractivity contribution is 6.00. The lowest BCUT2D eigenvalue weighted by Crippen LogP contribution is -2.34. The monoisotopic (exact) mass is 337 g/mol. The van der Waals surface area contributed by atoms with Crippen LogP contribution in [0.15, 0.2) is 34.9 Å². The fourth-order valence-electron chi connectivity index (χ4n) is 3.30. The summed E-state index contributed by atoms with van der Waals surface area (Å²) in [4.78, 5) is 14.7. The van der Waals surface area contributed by atoms with Gasteiger partial charge >= 0.3 is 6.03 Å². The molecule has 1 fully saturated rings. The summed E-state index contributed by atoms with van der Waals surface area (Å²) in [6.45, 7) is 4.46. The first-order valence-corrected chi connectivity index (χ1v) is 8.36. The van der Waals surface area contributed by atoms with Crippen molar-refractivity contribution in [1.82, 2.24) is 20.3 Å². The van der Waals surface area contributed by atoms with Gasteiger partial charge < -0.3 is 14.7 Å². The average Bonchev–Trinajstić information content (AvgIpc) is 3.24. The summed E-state index contributed by atoms with van der Waals surface area (Å²) < 4.78 is 5.37. The number of carbonyl (C=O) groups excluding carboxylic acids is 1. The fourth-order valence-corrected chi connectivity index (χ4v) is 3.30. The summed E-state index contributed by atoms with van der Waals surface area (Å²) in [5.41, 5.74) is 3.13. The van der Waals surface area contributed by atoms with Crippen LogP contribution in [0.25, 0.3) is 10.9 Å². The van der Waals surface area contributed by atoms with Crippen LogP contribution in [0.2, 0.25) is 0 Å². The van der Waals surface area contributed by atoms with Gasteiger partial charge in [-0.1, -0.05) is 11.2 Å². The normalized spacial score (nSPS) is 17.2. The lowest BCUT2D eigenvalue weighted by atomic mass is 10.1. The van der Waals surface area contributed by atoms with Crippen molar-refractivity contribution in [2.45, 2.75) is 32.7 Å². The number of amides is 2. The van der Waals surface area contributed by atoms with Gasteiger partial charge in [-0.3, -0.25) is 0 Å². The van der Waals surface area contributed by atoms with E-state index in [1.165, 1.54) is 0 Å². The summed E-state index contributed by atoms with van der Waals surface area (Å²) in [5.74, 6) is 0.741. The van der Waals surface area contributed by atoms with Crippen molar-refractivity contribution < 1.29 is 9.32 Å². The van der Waals surface area contributed by atoms with Crippen LogP contribution >= 0.6 is 0 Å². The van der Waals surface area contributed by atoms with E-state index in [0.29, 0.717) is 6.54 Å². The molecule has 3 heterocycles. The Kier molecular flexibility index (Phi) is 3.83. The molecule has 7 nitrogen and oxygen atoms in total. The third-order valence-electron chi connectivity index (χ3n) is 4.48. The van der Waals surface area contributed by atoms with Crippen LogP contribution in [0.5, 0.6) is 0 Å². The molecule has 1 unspecified atom stereocenters. The van der Waals surface area contributed by atoms with Gasteiger partial charge in [-0.25, -0.2) is 4.79 Å². The highest BCUT2D eigenvalue weighted by Gasteiger charge is 2.32. The minimum Gasteiger partial charge on any atom is -0.359 e. The molecule has 1 aromatic carbocycles. The molecule has 0 spiro atoms. The molecule has 1 atom stereocenters. The topological polar surface area (TPSA) is 84.2 Å². The number of rotatable bonds is 2. The van der Waals surface area contributed by atoms with Gasteiger partial charge in [0.15, 0.2) is 5.76 Å². The second-order valence-electron chi connectivity index (χ2n) is 6.38. The minimum absolute atomic E-state index is 0.0716. The Bertz CT molecular complexity index is 936. The zero-order chi connectivity index (χ0) is 17.4. The van der Waals surface area contributed by atoms with Crippen LogP contribution in [0.4, 0.5) is 10.5 Å². The highest BCUT2D eigenvalue weighted by atomic mass is 16.5. The fraction of sp³-hybridized carbons (Fsp3) is 0.333. The maximum Gasteiger partial charge on any atom is 0.322 e. The van der Waals surface area contributed by atoms with Crippen LogP contribution in [-0.2, 0) is 0 Å². The van der Waals surface area contributed by atoms with Gasteiger partial charge in [-0.05, 0) is 44.9 Å². The number of anilines is 1. The van der Waals surface area contributed by atoms with Gasteiger partial charge in [0.25, 0.3) is 0 Å². The van der Waals surface area contributed by atoms with Crippen molar-refractivity contribution in [3.63, 3.8) is 0 Å². The molecule has 0 saturated carbocycles. The third-order valence-corrected chi connectivity index (χ3v) is 4.48. The first-order valence-electron chi connectivity index (χ1n) is 8.36. The van der Waals surface area contributed by atoms with Crippen molar-refractivity contribution in [3.05, 3.63) is 47.5 Å². The highest BCUT2D eigenvalue weighted by Crippen LogP contribution is 2.33. The van der Waals surface area contributed by atoms with Crippen LogP contribution in [-0.4, -0.2) is 32.8 Å². The Balaban J connectivity index is 1.60. The molecule has 1 N–H and O–H groups in total. The second kappa shape index (κ2) is 6.16. The lowest BCUT2D eigenvalue weighted by Gasteiger charge is -2.23. The summed E-state index contributed by atoms with van der Waals surface area (Å²) in [6, 6.07) is 9.24. The predicted molar refractivity (Wildman–Crippen MR) is 93.2 cm³/mol. The number of nitrogens with one attached hydrogen (secondary N) is 1. The number of carbonyl (C=O) groups is 1. The number of hydrogen-bond donors (Lipinski definition) is 1. The van der Waals surface area contributed by atoms with Gasteiger partial charge in [0.1, 0.15) is 0 Å². The molecule has 1 aliphatic rings. The Labute approximate surface area is 145 Å². The van der Waals surface area contributed by atoms with Crippen molar-refractivity contribution in [3.8, 4) is 0 Å². The summed E-state index contributed by atoms with van der Waals surface area (Å²) in [7, 11) is 0. The molecular weight excluding hydrogens is 318 g/mol. The van der Waals surface area contributed by atoms with Gasteiger partial charge in [0.05, 0.1) is 28.6 Å². The average molecular weight is 337 g/mol. The van der Waals surface area contributed by atoms with Crippen LogP contribution < -0.4 is 5.32 Å². The second-order valence-corrected chi connectivity index (χ2v) is 6.38. The minimum atomic E-state index is -0.140. The number of fused-ring (bicyclic) bond motifs is 1. The van der Waals surface area contributed by atoms with E-state index in [0.717, 1.165) is 46.6 Å². The van der Waals surface area contributed by atoms with Crippen molar-refractivity contribution in [2.75, 3.05) is 11.9 Å². The zero-order valence-corrected chi connectivity index (χ0v) is 14.2. The molecular formula is C18H19N5O2. The molecule has 1 aliphatic heterocycles. The molecule has 2 amide bonds.